The third-order valence-corrected chi connectivity index (χ3v) is 3.40. The van der Waals surface area contributed by atoms with E-state index >= 15 is 0 Å². The first kappa shape index (κ1) is 13.7. The van der Waals surface area contributed by atoms with Gasteiger partial charge in [-0.05, 0) is 17.9 Å². The lowest BCUT2D eigenvalue weighted by Gasteiger charge is -2.11. The van der Waals surface area contributed by atoms with Crippen molar-refractivity contribution in [1.29, 1.82) is 0 Å². The second-order valence-corrected chi connectivity index (χ2v) is 5.10. The Hall–Kier alpha value is -1.75. The van der Waals surface area contributed by atoms with Gasteiger partial charge in [0.25, 0.3) is 0 Å². The van der Waals surface area contributed by atoms with Gasteiger partial charge < -0.3 is 9.88 Å². The van der Waals surface area contributed by atoms with Crippen LogP contribution in [-0.2, 0) is 11.3 Å². The number of thioether (sulfide) groups is 1. The molecule has 0 unspecified atom stereocenters. The molecule has 5 heteroatoms. The summed E-state index contributed by atoms with van der Waals surface area (Å²) < 4.78 is 1.95. The molecule has 2 rings (SSSR count). The van der Waals surface area contributed by atoms with Gasteiger partial charge >= 0.3 is 0 Å². The molecule has 0 spiro atoms. The van der Waals surface area contributed by atoms with Crippen molar-refractivity contribution in [3.63, 3.8) is 0 Å². The van der Waals surface area contributed by atoms with Crippen molar-refractivity contribution in [2.24, 2.45) is 0 Å². The topological polar surface area (TPSA) is 46.9 Å². The molecule has 0 saturated carbocycles. The maximum atomic E-state index is 11.6. The summed E-state index contributed by atoms with van der Waals surface area (Å²) >= 11 is 1.68. The second kappa shape index (κ2) is 6.99. The van der Waals surface area contributed by atoms with Crippen LogP contribution in [0.5, 0.6) is 0 Å². The molecule has 1 aromatic heterocycles. The maximum absolute atomic E-state index is 11.6. The molecule has 0 aliphatic heterocycles. The molecular formula is C14H17N3OS. The quantitative estimate of drug-likeness (QED) is 0.879. The van der Waals surface area contributed by atoms with Crippen LogP contribution in [0.1, 0.15) is 12.0 Å². The van der Waals surface area contributed by atoms with Gasteiger partial charge in [-0.25, -0.2) is 4.98 Å². The number of para-hydroxylation sites is 1. The Labute approximate surface area is 117 Å². The highest BCUT2D eigenvalue weighted by Gasteiger charge is 2.05. The van der Waals surface area contributed by atoms with E-state index in [0.717, 1.165) is 17.0 Å². The fourth-order valence-corrected chi connectivity index (χ4v) is 2.18. The molecule has 0 aliphatic rings. The zero-order valence-corrected chi connectivity index (χ0v) is 11.7. The van der Waals surface area contributed by atoms with Crippen molar-refractivity contribution in [2.75, 3.05) is 12.0 Å². The van der Waals surface area contributed by atoms with Gasteiger partial charge in [0, 0.05) is 31.1 Å². The van der Waals surface area contributed by atoms with Crippen LogP contribution in [0.2, 0.25) is 0 Å². The van der Waals surface area contributed by atoms with E-state index < -0.39 is 0 Å². The molecule has 1 amide bonds. The van der Waals surface area contributed by atoms with Crippen LogP contribution in [0.3, 0.4) is 0 Å². The molecular weight excluding hydrogens is 258 g/mol. The van der Waals surface area contributed by atoms with Crippen LogP contribution in [0, 0.1) is 0 Å². The standard InChI is InChI=1S/C14H17N3OS/c1-19-9-6-14(18)16-10-12-4-2-3-5-13(12)17-8-7-15-11-17/h2-5,7-8,11H,6,9-10H2,1H3,(H,16,18). The van der Waals surface area contributed by atoms with Gasteiger partial charge in [0.15, 0.2) is 0 Å². The highest BCUT2D eigenvalue weighted by Crippen LogP contribution is 2.13. The Morgan fingerprint density at radius 3 is 3.00 bits per heavy atom. The van der Waals surface area contributed by atoms with Crippen molar-refractivity contribution in [3.05, 3.63) is 48.5 Å². The minimum Gasteiger partial charge on any atom is -0.352 e. The van der Waals surface area contributed by atoms with Gasteiger partial charge in [-0.15, -0.1) is 0 Å². The van der Waals surface area contributed by atoms with Gasteiger partial charge in [-0.2, -0.15) is 11.8 Å². The predicted octanol–water partition coefficient (Wildman–Crippen LogP) is 2.24. The van der Waals surface area contributed by atoms with Crippen LogP contribution < -0.4 is 5.32 Å². The molecule has 4 nitrogen and oxygen atoms in total. The summed E-state index contributed by atoms with van der Waals surface area (Å²) in [5.74, 6) is 0.949. The van der Waals surface area contributed by atoms with Crippen LogP contribution >= 0.6 is 11.8 Å². The van der Waals surface area contributed by atoms with E-state index in [9.17, 15) is 4.79 Å². The number of aromatic nitrogens is 2. The smallest absolute Gasteiger partial charge is 0.221 e. The first-order valence-corrected chi connectivity index (χ1v) is 7.52. The Balaban J connectivity index is 2.03. The molecule has 1 aromatic carbocycles. The number of amides is 1. The van der Waals surface area contributed by atoms with Crippen molar-refractivity contribution in [1.82, 2.24) is 14.9 Å². The molecule has 19 heavy (non-hydrogen) atoms. The van der Waals surface area contributed by atoms with Gasteiger partial charge in [0.2, 0.25) is 5.91 Å². The highest BCUT2D eigenvalue weighted by molar-refractivity contribution is 7.98. The van der Waals surface area contributed by atoms with Crippen molar-refractivity contribution in [2.45, 2.75) is 13.0 Å². The Morgan fingerprint density at radius 2 is 2.26 bits per heavy atom. The maximum Gasteiger partial charge on any atom is 0.221 e. The van der Waals surface area contributed by atoms with Gasteiger partial charge in [0.05, 0.1) is 12.0 Å². The minimum atomic E-state index is 0.0924. The average Bonchev–Trinajstić information content (AvgIpc) is 2.97. The van der Waals surface area contributed by atoms with E-state index in [4.69, 9.17) is 0 Å². The summed E-state index contributed by atoms with van der Waals surface area (Å²) in [6, 6.07) is 7.99. The molecule has 0 saturated heterocycles. The third kappa shape index (κ3) is 3.86. The number of carbonyl (C=O) groups is 1. The number of imidazole rings is 1. The lowest BCUT2D eigenvalue weighted by atomic mass is 10.1. The number of hydrogen-bond acceptors (Lipinski definition) is 3. The summed E-state index contributed by atoms with van der Waals surface area (Å²) in [5.41, 5.74) is 2.13. The van der Waals surface area contributed by atoms with Crippen LogP contribution in [0.25, 0.3) is 5.69 Å². The van der Waals surface area contributed by atoms with E-state index in [1.165, 1.54) is 0 Å². The molecule has 1 N–H and O–H groups in total. The molecule has 0 atom stereocenters. The number of benzene rings is 1. The second-order valence-electron chi connectivity index (χ2n) is 4.12. The normalized spacial score (nSPS) is 10.4. The number of rotatable bonds is 6. The summed E-state index contributed by atoms with van der Waals surface area (Å²) in [4.78, 5) is 15.7. The Bertz CT molecular complexity index is 525. The molecule has 2 aromatic rings. The van der Waals surface area contributed by atoms with E-state index in [-0.39, 0.29) is 5.91 Å². The summed E-state index contributed by atoms with van der Waals surface area (Å²) in [5, 5.41) is 2.95. The monoisotopic (exact) mass is 275 g/mol. The zero-order valence-electron chi connectivity index (χ0n) is 10.9. The van der Waals surface area contributed by atoms with Crippen molar-refractivity contribution < 1.29 is 4.79 Å². The lowest BCUT2D eigenvalue weighted by Crippen LogP contribution is -2.23. The Morgan fingerprint density at radius 1 is 1.42 bits per heavy atom. The molecule has 0 bridgehead atoms. The molecule has 0 radical (unpaired) electrons. The summed E-state index contributed by atoms with van der Waals surface area (Å²) in [7, 11) is 0. The lowest BCUT2D eigenvalue weighted by molar-refractivity contribution is -0.120. The minimum absolute atomic E-state index is 0.0924. The van der Waals surface area contributed by atoms with E-state index in [1.54, 1.807) is 24.3 Å². The first-order valence-electron chi connectivity index (χ1n) is 6.13. The van der Waals surface area contributed by atoms with Crippen molar-refractivity contribution >= 4 is 17.7 Å². The van der Waals surface area contributed by atoms with E-state index in [2.05, 4.69) is 10.3 Å². The number of nitrogens with zero attached hydrogens (tertiary/aromatic N) is 2. The van der Waals surface area contributed by atoms with Crippen LogP contribution in [-0.4, -0.2) is 27.5 Å². The Kier molecular flexibility index (Phi) is 5.03. The molecule has 100 valence electrons. The average molecular weight is 275 g/mol. The fourth-order valence-electron chi connectivity index (χ4n) is 1.79. The van der Waals surface area contributed by atoms with E-state index in [0.29, 0.717) is 13.0 Å². The van der Waals surface area contributed by atoms with Gasteiger partial charge in [-0.3, -0.25) is 4.79 Å². The number of nitrogens with one attached hydrogen (secondary N) is 1. The number of carbonyl (C=O) groups excluding carboxylic acids is 1. The first-order chi connectivity index (χ1) is 9.31. The number of hydrogen-bond donors (Lipinski definition) is 1. The molecule has 0 aliphatic carbocycles. The SMILES string of the molecule is CSCCC(=O)NCc1ccccc1-n1ccnc1. The zero-order chi connectivity index (χ0) is 13.5. The van der Waals surface area contributed by atoms with Gasteiger partial charge in [-0.1, -0.05) is 18.2 Å². The fraction of sp³-hybridized carbons (Fsp3) is 0.286. The van der Waals surface area contributed by atoms with Crippen LogP contribution in [0.15, 0.2) is 43.0 Å². The van der Waals surface area contributed by atoms with Gasteiger partial charge in [0.1, 0.15) is 0 Å². The highest BCUT2D eigenvalue weighted by atomic mass is 32.2. The van der Waals surface area contributed by atoms with Crippen LogP contribution in [0.4, 0.5) is 0 Å². The molecule has 0 fully saturated rings. The largest absolute Gasteiger partial charge is 0.352 e. The third-order valence-electron chi connectivity index (χ3n) is 2.78. The van der Waals surface area contributed by atoms with Crippen molar-refractivity contribution in [3.8, 4) is 5.69 Å². The predicted molar refractivity (Wildman–Crippen MR) is 78.4 cm³/mol. The molecule has 1 heterocycles. The summed E-state index contributed by atoms with van der Waals surface area (Å²) in [6.45, 7) is 0.543. The van der Waals surface area contributed by atoms with E-state index in [1.807, 2.05) is 41.3 Å². The summed E-state index contributed by atoms with van der Waals surface area (Å²) in [6.07, 6.45) is 7.96.